The van der Waals surface area contributed by atoms with E-state index in [1.165, 1.54) is 38.9 Å². The molecule has 0 aromatic rings. The van der Waals surface area contributed by atoms with Crippen molar-refractivity contribution in [1.29, 1.82) is 0 Å². The zero-order valence-corrected chi connectivity index (χ0v) is 14.8. The van der Waals surface area contributed by atoms with Crippen molar-refractivity contribution < 1.29 is 4.79 Å². The molecule has 2 atom stereocenters. The van der Waals surface area contributed by atoms with E-state index >= 15 is 0 Å². The van der Waals surface area contributed by atoms with E-state index in [1.807, 2.05) is 4.90 Å². The molecule has 21 heavy (non-hydrogen) atoms. The molecule has 4 nitrogen and oxygen atoms in total. The van der Waals surface area contributed by atoms with Crippen molar-refractivity contribution in [3.63, 3.8) is 0 Å². The summed E-state index contributed by atoms with van der Waals surface area (Å²) < 4.78 is 0. The van der Waals surface area contributed by atoms with Crippen molar-refractivity contribution in [1.82, 2.24) is 9.80 Å². The van der Waals surface area contributed by atoms with Crippen molar-refractivity contribution in [2.24, 2.45) is 11.7 Å². The van der Waals surface area contributed by atoms with E-state index in [2.05, 4.69) is 11.2 Å². The van der Waals surface area contributed by atoms with Crippen LogP contribution in [0.5, 0.6) is 0 Å². The molecule has 124 valence electrons. The van der Waals surface area contributed by atoms with Crippen LogP contribution in [0.1, 0.15) is 32.1 Å². The lowest BCUT2D eigenvalue weighted by Crippen LogP contribution is -2.43. The quantitative estimate of drug-likeness (QED) is 0.804. The number of carbonyl (C=O) groups excluding carboxylic acids is 1. The smallest absolute Gasteiger partial charge is 0.239 e. The lowest BCUT2D eigenvalue weighted by atomic mass is 10.1. The van der Waals surface area contributed by atoms with Gasteiger partial charge in [0.2, 0.25) is 5.91 Å². The molecule has 6 heteroatoms. The summed E-state index contributed by atoms with van der Waals surface area (Å²) >= 11 is 1.76. The van der Waals surface area contributed by atoms with E-state index in [9.17, 15) is 4.79 Å². The molecule has 2 fully saturated rings. The first-order valence-electron chi connectivity index (χ1n) is 7.96. The first-order valence-corrected chi connectivity index (χ1v) is 9.35. The third-order valence-corrected chi connectivity index (χ3v) is 5.16. The van der Waals surface area contributed by atoms with Crippen molar-refractivity contribution >= 4 is 30.1 Å². The Labute approximate surface area is 139 Å². The molecule has 2 N–H and O–H groups in total. The van der Waals surface area contributed by atoms with E-state index < -0.39 is 0 Å². The topological polar surface area (TPSA) is 49.6 Å². The van der Waals surface area contributed by atoms with Crippen LogP contribution in [0.4, 0.5) is 0 Å². The lowest BCUT2D eigenvalue weighted by Gasteiger charge is -2.29. The van der Waals surface area contributed by atoms with Crippen LogP contribution in [-0.2, 0) is 4.79 Å². The first kappa shape index (κ1) is 19.1. The summed E-state index contributed by atoms with van der Waals surface area (Å²) in [5.41, 5.74) is 6.00. The highest BCUT2D eigenvalue weighted by molar-refractivity contribution is 7.98. The number of carbonyl (C=O) groups is 1. The molecular weight excluding hydrogens is 306 g/mol. The Bertz CT molecular complexity index is 313. The van der Waals surface area contributed by atoms with Crippen molar-refractivity contribution in [3.05, 3.63) is 0 Å². The molecule has 2 aliphatic rings. The second kappa shape index (κ2) is 9.93. The molecular formula is C15H30ClN3OS. The third kappa shape index (κ3) is 5.97. The molecule has 0 saturated carbocycles. The Kier molecular flexibility index (Phi) is 9.02. The fourth-order valence-electron chi connectivity index (χ4n) is 3.29. The average molecular weight is 336 g/mol. The molecule has 1 unspecified atom stereocenters. The molecule has 2 saturated heterocycles. The molecule has 2 aliphatic heterocycles. The minimum absolute atomic E-state index is 0. The number of hydrogen-bond acceptors (Lipinski definition) is 4. The van der Waals surface area contributed by atoms with Crippen LogP contribution in [0.25, 0.3) is 0 Å². The van der Waals surface area contributed by atoms with Crippen LogP contribution in [0.2, 0.25) is 0 Å². The van der Waals surface area contributed by atoms with E-state index in [-0.39, 0.29) is 24.4 Å². The first-order chi connectivity index (χ1) is 9.70. The summed E-state index contributed by atoms with van der Waals surface area (Å²) in [4.78, 5) is 16.8. The van der Waals surface area contributed by atoms with E-state index in [0.29, 0.717) is 5.92 Å². The minimum atomic E-state index is -0.295. The molecule has 2 heterocycles. The largest absolute Gasteiger partial charge is 0.341 e. The van der Waals surface area contributed by atoms with Gasteiger partial charge >= 0.3 is 0 Å². The molecule has 0 aliphatic carbocycles. The number of nitrogens with two attached hydrogens (primary N) is 1. The SMILES string of the molecule is CSCC[C@H](N)C(=O)N1CCC(CN2CCCCC2)C1.Cl. The lowest BCUT2D eigenvalue weighted by molar-refractivity contribution is -0.131. The van der Waals surface area contributed by atoms with Crippen LogP contribution in [0.15, 0.2) is 0 Å². The zero-order chi connectivity index (χ0) is 14.4. The maximum atomic E-state index is 12.3. The number of halogens is 1. The van der Waals surface area contributed by atoms with Crippen molar-refractivity contribution in [2.75, 3.05) is 44.7 Å². The Hall–Kier alpha value is 0.0300. The monoisotopic (exact) mass is 335 g/mol. The van der Waals surface area contributed by atoms with Crippen molar-refractivity contribution in [2.45, 2.75) is 38.1 Å². The summed E-state index contributed by atoms with van der Waals surface area (Å²) in [6.45, 7) is 5.49. The molecule has 0 radical (unpaired) electrons. The molecule has 1 amide bonds. The molecule has 0 spiro atoms. The third-order valence-electron chi connectivity index (χ3n) is 4.51. The molecule has 2 rings (SSSR count). The number of rotatable bonds is 6. The fourth-order valence-corrected chi connectivity index (χ4v) is 3.78. The normalized spacial score (nSPS) is 24.7. The maximum Gasteiger partial charge on any atom is 0.239 e. The van der Waals surface area contributed by atoms with E-state index in [4.69, 9.17) is 5.73 Å². The van der Waals surface area contributed by atoms with E-state index in [0.717, 1.165) is 31.7 Å². The zero-order valence-electron chi connectivity index (χ0n) is 13.1. The molecule has 0 aromatic heterocycles. The number of piperidine rings is 1. The van der Waals surface area contributed by atoms with Crippen LogP contribution in [-0.4, -0.2) is 66.5 Å². The number of amides is 1. The maximum absolute atomic E-state index is 12.3. The highest BCUT2D eigenvalue weighted by Crippen LogP contribution is 2.20. The van der Waals surface area contributed by atoms with Gasteiger partial charge in [-0.3, -0.25) is 4.79 Å². The summed E-state index contributed by atoms with van der Waals surface area (Å²) in [5.74, 6) is 1.79. The summed E-state index contributed by atoms with van der Waals surface area (Å²) in [6.07, 6.45) is 8.08. The van der Waals surface area contributed by atoms with Crippen molar-refractivity contribution in [3.8, 4) is 0 Å². The molecule has 0 bridgehead atoms. The highest BCUT2D eigenvalue weighted by atomic mass is 35.5. The Morgan fingerprint density at radius 3 is 2.67 bits per heavy atom. The Balaban J connectivity index is 0.00000220. The van der Waals surface area contributed by atoms with Crippen LogP contribution in [0.3, 0.4) is 0 Å². The highest BCUT2D eigenvalue weighted by Gasteiger charge is 2.30. The van der Waals surface area contributed by atoms with Crippen LogP contribution < -0.4 is 5.73 Å². The van der Waals surface area contributed by atoms with Crippen LogP contribution >= 0.6 is 24.2 Å². The van der Waals surface area contributed by atoms with Gasteiger partial charge in [0, 0.05) is 19.6 Å². The second-order valence-corrected chi connectivity index (χ2v) is 7.17. The van der Waals surface area contributed by atoms with Gasteiger partial charge in [-0.2, -0.15) is 11.8 Å². The predicted molar refractivity (Wildman–Crippen MR) is 93.2 cm³/mol. The Morgan fingerprint density at radius 1 is 1.29 bits per heavy atom. The van der Waals surface area contributed by atoms with Gasteiger partial charge in [0.15, 0.2) is 0 Å². The Morgan fingerprint density at radius 2 is 2.00 bits per heavy atom. The van der Waals surface area contributed by atoms with Gasteiger partial charge in [-0.25, -0.2) is 0 Å². The van der Waals surface area contributed by atoms with Gasteiger partial charge < -0.3 is 15.5 Å². The number of likely N-dealkylation sites (tertiary alicyclic amines) is 2. The van der Waals surface area contributed by atoms with Gasteiger partial charge in [-0.05, 0) is 56.7 Å². The van der Waals surface area contributed by atoms with E-state index in [1.54, 1.807) is 11.8 Å². The average Bonchev–Trinajstić information content (AvgIpc) is 2.93. The summed E-state index contributed by atoms with van der Waals surface area (Å²) in [5, 5.41) is 0. The van der Waals surface area contributed by atoms with Gasteiger partial charge in [0.1, 0.15) is 0 Å². The predicted octanol–water partition coefficient (Wildman–Crippen LogP) is 1.82. The minimum Gasteiger partial charge on any atom is -0.341 e. The molecule has 0 aromatic carbocycles. The van der Waals surface area contributed by atoms with Gasteiger partial charge in [0.25, 0.3) is 0 Å². The number of nitrogens with zero attached hydrogens (tertiary/aromatic N) is 2. The summed E-state index contributed by atoms with van der Waals surface area (Å²) in [6, 6.07) is -0.295. The second-order valence-electron chi connectivity index (χ2n) is 6.19. The van der Waals surface area contributed by atoms with Gasteiger partial charge in [0.05, 0.1) is 6.04 Å². The van der Waals surface area contributed by atoms with Gasteiger partial charge in [-0.1, -0.05) is 6.42 Å². The number of hydrogen-bond donors (Lipinski definition) is 1. The standard InChI is InChI=1S/C15H29N3OS.ClH/c1-20-10-6-14(16)15(19)18-9-5-13(12-18)11-17-7-3-2-4-8-17;/h13-14H,2-12,16H2,1H3;1H/t13?,14-;/m0./s1. The van der Waals surface area contributed by atoms with Gasteiger partial charge in [-0.15, -0.1) is 12.4 Å². The van der Waals surface area contributed by atoms with Crippen LogP contribution in [0, 0.1) is 5.92 Å². The fraction of sp³-hybridized carbons (Fsp3) is 0.933. The summed E-state index contributed by atoms with van der Waals surface area (Å²) in [7, 11) is 0. The number of thioether (sulfide) groups is 1.